The van der Waals surface area contributed by atoms with Gasteiger partial charge in [0.25, 0.3) is 5.91 Å². The van der Waals surface area contributed by atoms with Crippen molar-refractivity contribution < 1.29 is 24.9 Å². The van der Waals surface area contributed by atoms with Crippen LogP contribution in [0.3, 0.4) is 0 Å². The number of nitrogens with one attached hydrogen (secondary N) is 1. The third-order valence-electron chi connectivity index (χ3n) is 3.07. The minimum atomic E-state index is -1.09. The highest BCUT2D eigenvalue weighted by molar-refractivity contribution is 6.07. The molecule has 6 nitrogen and oxygen atoms in total. The monoisotopic (exact) mass is 287 g/mol. The maximum Gasteiger partial charge on any atom is 0.336 e. The van der Waals surface area contributed by atoms with Gasteiger partial charge < -0.3 is 20.6 Å². The molecule has 0 aliphatic rings. The number of para-hydroxylation sites is 1. The number of carboxylic acids is 1. The molecule has 0 aromatic heterocycles. The molecule has 21 heavy (non-hydrogen) atoms. The first-order valence-corrected chi connectivity index (χ1v) is 6.07. The van der Waals surface area contributed by atoms with Gasteiger partial charge in [0.15, 0.2) is 11.5 Å². The average molecular weight is 287 g/mol. The zero-order valence-corrected chi connectivity index (χ0v) is 11.1. The van der Waals surface area contributed by atoms with E-state index in [1.807, 2.05) is 0 Å². The van der Waals surface area contributed by atoms with Gasteiger partial charge >= 0.3 is 5.97 Å². The quantitative estimate of drug-likeness (QED) is 0.648. The van der Waals surface area contributed by atoms with Gasteiger partial charge in [0.2, 0.25) is 0 Å². The fraction of sp³-hybridized carbons (Fsp3) is 0.0667. The minimum absolute atomic E-state index is 0.0768. The van der Waals surface area contributed by atoms with E-state index in [0.29, 0.717) is 11.3 Å². The Hall–Kier alpha value is -3.02. The summed E-state index contributed by atoms with van der Waals surface area (Å²) in [5.41, 5.74) is 0.698. The molecule has 6 heteroatoms. The molecule has 4 N–H and O–H groups in total. The van der Waals surface area contributed by atoms with E-state index in [9.17, 15) is 19.8 Å². The van der Waals surface area contributed by atoms with E-state index in [-0.39, 0.29) is 11.1 Å². The van der Waals surface area contributed by atoms with Crippen LogP contribution in [0.25, 0.3) is 0 Å². The summed E-state index contributed by atoms with van der Waals surface area (Å²) in [6.07, 6.45) is 0. The number of anilines is 1. The smallest absolute Gasteiger partial charge is 0.336 e. The van der Waals surface area contributed by atoms with Gasteiger partial charge in [-0.1, -0.05) is 12.1 Å². The van der Waals surface area contributed by atoms with Crippen molar-refractivity contribution in [3.8, 4) is 11.5 Å². The zero-order chi connectivity index (χ0) is 15.6. The van der Waals surface area contributed by atoms with Gasteiger partial charge in [0, 0.05) is 5.69 Å². The number of amides is 1. The third kappa shape index (κ3) is 2.79. The Morgan fingerprint density at radius 1 is 1.00 bits per heavy atom. The number of benzene rings is 2. The molecule has 0 aliphatic heterocycles. The number of hydrogen-bond acceptors (Lipinski definition) is 4. The Morgan fingerprint density at radius 2 is 1.62 bits per heavy atom. The summed E-state index contributed by atoms with van der Waals surface area (Å²) in [5, 5.41) is 30.6. The number of phenolic OH excluding ortho intramolecular Hbond substituents is 2. The van der Waals surface area contributed by atoms with Crippen molar-refractivity contribution in [2.75, 3.05) is 5.32 Å². The molecule has 0 atom stereocenters. The molecule has 1 amide bonds. The van der Waals surface area contributed by atoms with E-state index < -0.39 is 23.4 Å². The SMILES string of the molecule is Cc1c(NC(=O)c2cccc(O)c2O)cccc1C(=O)O. The Bertz CT molecular complexity index is 724. The van der Waals surface area contributed by atoms with Crippen LogP contribution in [0.1, 0.15) is 26.3 Å². The molecule has 0 aliphatic carbocycles. The summed E-state index contributed by atoms with van der Waals surface area (Å²) >= 11 is 0. The molecular formula is C15H13NO5. The van der Waals surface area contributed by atoms with Crippen molar-refractivity contribution >= 4 is 17.6 Å². The van der Waals surface area contributed by atoms with Crippen LogP contribution < -0.4 is 5.32 Å². The summed E-state index contributed by atoms with van der Waals surface area (Å²) in [7, 11) is 0. The van der Waals surface area contributed by atoms with Crippen molar-refractivity contribution in [2.24, 2.45) is 0 Å². The number of phenols is 2. The number of aromatic carboxylic acids is 1. The first-order valence-electron chi connectivity index (χ1n) is 6.07. The highest BCUT2D eigenvalue weighted by atomic mass is 16.4. The van der Waals surface area contributed by atoms with Crippen LogP contribution in [0.2, 0.25) is 0 Å². The van der Waals surface area contributed by atoms with Crippen LogP contribution in [0.4, 0.5) is 5.69 Å². The highest BCUT2D eigenvalue weighted by Gasteiger charge is 2.16. The predicted molar refractivity (Wildman–Crippen MR) is 75.9 cm³/mol. The lowest BCUT2D eigenvalue weighted by molar-refractivity contribution is 0.0695. The normalized spacial score (nSPS) is 10.1. The molecule has 2 aromatic rings. The summed E-state index contributed by atoms with van der Waals surface area (Å²) in [6.45, 7) is 1.57. The van der Waals surface area contributed by atoms with Gasteiger partial charge in [0.05, 0.1) is 11.1 Å². The van der Waals surface area contributed by atoms with Crippen molar-refractivity contribution in [3.05, 3.63) is 53.1 Å². The largest absolute Gasteiger partial charge is 0.504 e. The molecule has 2 aromatic carbocycles. The topological polar surface area (TPSA) is 107 Å². The lowest BCUT2D eigenvalue weighted by atomic mass is 10.1. The second-order valence-electron chi connectivity index (χ2n) is 4.41. The number of rotatable bonds is 3. The third-order valence-corrected chi connectivity index (χ3v) is 3.07. The Morgan fingerprint density at radius 3 is 2.29 bits per heavy atom. The number of carbonyl (C=O) groups is 2. The molecular weight excluding hydrogens is 274 g/mol. The molecule has 0 heterocycles. The van der Waals surface area contributed by atoms with E-state index in [0.717, 1.165) is 0 Å². The number of carboxylic acid groups (broad SMARTS) is 1. The number of aromatic hydroxyl groups is 2. The molecule has 108 valence electrons. The van der Waals surface area contributed by atoms with E-state index in [4.69, 9.17) is 5.11 Å². The summed E-state index contributed by atoms with van der Waals surface area (Å²) in [4.78, 5) is 23.1. The Balaban J connectivity index is 2.34. The fourth-order valence-electron chi connectivity index (χ4n) is 1.91. The van der Waals surface area contributed by atoms with Crippen molar-refractivity contribution in [1.82, 2.24) is 0 Å². The highest BCUT2D eigenvalue weighted by Crippen LogP contribution is 2.29. The fourth-order valence-corrected chi connectivity index (χ4v) is 1.91. The second-order valence-corrected chi connectivity index (χ2v) is 4.41. The molecule has 2 rings (SSSR count). The lowest BCUT2D eigenvalue weighted by Crippen LogP contribution is -2.14. The molecule has 0 unspecified atom stereocenters. The van der Waals surface area contributed by atoms with Crippen molar-refractivity contribution in [1.29, 1.82) is 0 Å². The first-order chi connectivity index (χ1) is 9.91. The molecule has 0 radical (unpaired) electrons. The van der Waals surface area contributed by atoms with Gasteiger partial charge in [-0.15, -0.1) is 0 Å². The van der Waals surface area contributed by atoms with E-state index in [2.05, 4.69) is 5.32 Å². The lowest BCUT2D eigenvalue weighted by Gasteiger charge is -2.11. The first kappa shape index (κ1) is 14.4. The minimum Gasteiger partial charge on any atom is -0.504 e. The van der Waals surface area contributed by atoms with Gasteiger partial charge in [-0.2, -0.15) is 0 Å². The molecule has 0 saturated carbocycles. The van der Waals surface area contributed by atoms with E-state index in [1.165, 1.54) is 30.3 Å². The van der Waals surface area contributed by atoms with Gasteiger partial charge in [-0.3, -0.25) is 4.79 Å². The average Bonchev–Trinajstić information content (AvgIpc) is 2.43. The molecule has 0 spiro atoms. The maximum absolute atomic E-state index is 12.1. The number of hydrogen-bond donors (Lipinski definition) is 4. The van der Waals surface area contributed by atoms with Crippen LogP contribution in [0.15, 0.2) is 36.4 Å². The molecule has 0 bridgehead atoms. The van der Waals surface area contributed by atoms with E-state index in [1.54, 1.807) is 13.0 Å². The van der Waals surface area contributed by atoms with Crippen LogP contribution in [0.5, 0.6) is 11.5 Å². The standard InChI is InChI=1S/C15H13NO5/c1-8-9(15(20)21)4-2-6-11(8)16-14(19)10-5-3-7-12(17)13(10)18/h2-7,17-18H,1H3,(H,16,19)(H,20,21). The second kappa shape index (κ2) is 5.54. The summed E-state index contributed by atoms with van der Waals surface area (Å²) in [6, 6.07) is 8.51. The maximum atomic E-state index is 12.1. The van der Waals surface area contributed by atoms with Gasteiger partial charge in [0.1, 0.15) is 0 Å². The van der Waals surface area contributed by atoms with Crippen LogP contribution in [0, 0.1) is 6.92 Å². The Labute approximate surface area is 120 Å². The summed E-state index contributed by atoms with van der Waals surface area (Å²) < 4.78 is 0. The Kier molecular flexibility index (Phi) is 3.80. The van der Waals surface area contributed by atoms with Gasteiger partial charge in [-0.25, -0.2) is 4.79 Å². The predicted octanol–water partition coefficient (Wildman–Crippen LogP) is 2.36. The number of carbonyl (C=O) groups excluding carboxylic acids is 1. The van der Waals surface area contributed by atoms with Crippen LogP contribution in [-0.2, 0) is 0 Å². The van der Waals surface area contributed by atoms with E-state index >= 15 is 0 Å². The van der Waals surface area contributed by atoms with Crippen molar-refractivity contribution in [3.63, 3.8) is 0 Å². The molecule has 0 saturated heterocycles. The van der Waals surface area contributed by atoms with Gasteiger partial charge in [-0.05, 0) is 36.8 Å². The van der Waals surface area contributed by atoms with Crippen LogP contribution in [-0.4, -0.2) is 27.2 Å². The molecule has 0 fully saturated rings. The zero-order valence-electron chi connectivity index (χ0n) is 11.1. The van der Waals surface area contributed by atoms with Crippen LogP contribution >= 0.6 is 0 Å². The van der Waals surface area contributed by atoms with Crippen molar-refractivity contribution in [2.45, 2.75) is 6.92 Å². The summed E-state index contributed by atoms with van der Waals surface area (Å²) in [5.74, 6) is -2.67.